The van der Waals surface area contributed by atoms with E-state index in [0.29, 0.717) is 17.8 Å². The summed E-state index contributed by atoms with van der Waals surface area (Å²) in [4.78, 5) is 1.87. The van der Waals surface area contributed by atoms with Gasteiger partial charge in [0.15, 0.2) is 0 Å². The fourth-order valence-corrected chi connectivity index (χ4v) is 2.49. The molecule has 2 N–H and O–H groups in total. The number of benzene rings is 1. The van der Waals surface area contributed by atoms with Gasteiger partial charge in [0.05, 0.1) is 18.4 Å². The summed E-state index contributed by atoms with van der Waals surface area (Å²) < 4.78 is 14.2. The van der Waals surface area contributed by atoms with Gasteiger partial charge < -0.3 is 15.1 Å². The molecule has 0 aliphatic rings. The van der Waals surface area contributed by atoms with Crippen LogP contribution in [0.5, 0.6) is 0 Å². The first-order chi connectivity index (χ1) is 9.06. The highest BCUT2D eigenvalue weighted by Gasteiger charge is 2.23. The van der Waals surface area contributed by atoms with Crippen LogP contribution in [0.1, 0.15) is 45.3 Å². The van der Waals surface area contributed by atoms with E-state index in [1.54, 1.807) is 19.1 Å². The molecule has 0 spiro atoms. The Hall–Kier alpha value is -1.13. The van der Waals surface area contributed by atoms with Crippen molar-refractivity contribution in [2.45, 2.75) is 45.8 Å². The third kappa shape index (κ3) is 3.67. The maximum absolute atomic E-state index is 14.2. The smallest absolute Gasteiger partial charge is 0.146 e. The molecule has 0 bridgehead atoms. The molecule has 0 radical (unpaired) electrons. The van der Waals surface area contributed by atoms with Crippen LogP contribution < -0.4 is 4.90 Å². The number of anilines is 1. The SMILES string of the molecule is CCC(CC)N(CCO)c1c(F)cccc1[C@@H](C)O. The van der Waals surface area contributed by atoms with Crippen molar-refractivity contribution in [3.63, 3.8) is 0 Å². The average Bonchev–Trinajstić information content (AvgIpc) is 2.39. The van der Waals surface area contributed by atoms with Gasteiger partial charge in [0.1, 0.15) is 5.82 Å². The molecule has 1 atom stereocenters. The molecule has 1 rings (SSSR count). The zero-order chi connectivity index (χ0) is 14.4. The van der Waals surface area contributed by atoms with Crippen molar-refractivity contribution in [2.24, 2.45) is 0 Å². The predicted octanol–water partition coefficient (Wildman–Crippen LogP) is 2.87. The molecule has 3 nitrogen and oxygen atoms in total. The van der Waals surface area contributed by atoms with Crippen molar-refractivity contribution < 1.29 is 14.6 Å². The summed E-state index contributed by atoms with van der Waals surface area (Å²) in [7, 11) is 0. The number of aliphatic hydroxyl groups excluding tert-OH is 2. The number of aliphatic hydroxyl groups is 2. The number of rotatable bonds is 7. The van der Waals surface area contributed by atoms with Crippen LogP contribution in [0.3, 0.4) is 0 Å². The molecule has 0 heterocycles. The van der Waals surface area contributed by atoms with Crippen LogP contribution in [0.15, 0.2) is 18.2 Å². The van der Waals surface area contributed by atoms with E-state index in [-0.39, 0.29) is 18.5 Å². The predicted molar refractivity (Wildman–Crippen MR) is 75.8 cm³/mol. The molecule has 0 saturated carbocycles. The summed E-state index contributed by atoms with van der Waals surface area (Å²) >= 11 is 0. The molecule has 0 aliphatic heterocycles. The lowest BCUT2D eigenvalue weighted by atomic mass is 10.0. The van der Waals surface area contributed by atoms with Crippen LogP contribution >= 0.6 is 0 Å². The Morgan fingerprint density at radius 2 is 1.89 bits per heavy atom. The van der Waals surface area contributed by atoms with Gasteiger partial charge in [-0.05, 0) is 25.8 Å². The molecule has 1 aromatic rings. The second-order valence-electron chi connectivity index (χ2n) is 4.74. The van der Waals surface area contributed by atoms with Crippen LogP contribution in [-0.4, -0.2) is 29.4 Å². The van der Waals surface area contributed by atoms with Gasteiger partial charge >= 0.3 is 0 Å². The number of hydrogen-bond acceptors (Lipinski definition) is 3. The summed E-state index contributed by atoms with van der Waals surface area (Å²) in [6.45, 7) is 6.04. The lowest BCUT2D eigenvalue weighted by molar-refractivity contribution is 0.198. The Bertz CT molecular complexity index is 392. The van der Waals surface area contributed by atoms with Gasteiger partial charge in [0, 0.05) is 18.2 Å². The number of halogens is 1. The number of hydrogen-bond donors (Lipinski definition) is 2. The molecule has 0 aliphatic carbocycles. The van der Waals surface area contributed by atoms with Crippen LogP contribution in [-0.2, 0) is 0 Å². The average molecular weight is 269 g/mol. The van der Waals surface area contributed by atoms with E-state index in [2.05, 4.69) is 0 Å². The van der Waals surface area contributed by atoms with Crippen LogP contribution in [0, 0.1) is 5.82 Å². The summed E-state index contributed by atoms with van der Waals surface area (Å²) in [6.07, 6.45) is 0.995. The van der Waals surface area contributed by atoms with Gasteiger partial charge in [-0.1, -0.05) is 26.0 Å². The topological polar surface area (TPSA) is 43.7 Å². The molecule has 1 aromatic carbocycles. The van der Waals surface area contributed by atoms with E-state index < -0.39 is 6.10 Å². The minimum Gasteiger partial charge on any atom is -0.395 e. The van der Waals surface area contributed by atoms with Crippen molar-refractivity contribution in [2.75, 3.05) is 18.1 Å². The minimum absolute atomic E-state index is 0.0376. The van der Waals surface area contributed by atoms with Crippen molar-refractivity contribution in [3.05, 3.63) is 29.6 Å². The lowest BCUT2D eigenvalue weighted by Crippen LogP contribution is -2.38. The Morgan fingerprint density at radius 3 is 2.37 bits per heavy atom. The largest absolute Gasteiger partial charge is 0.395 e. The quantitative estimate of drug-likeness (QED) is 0.800. The highest BCUT2D eigenvalue weighted by Crippen LogP contribution is 2.31. The third-order valence-corrected chi connectivity index (χ3v) is 3.48. The van der Waals surface area contributed by atoms with Gasteiger partial charge in [-0.25, -0.2) is 4.39 Å². The second kappa shape index (κ2) is 7.46. The summed E-state index contributed by atoms with van der Waals surface area (Å²) in [5.74, 6) is -0.348. The van der Waals surface area contributed by atoms with E-state index >= 15 is 0 Å². The normalized spacial score (nSPS) is 12.8. The summed E-state index contributed by atoms with van der Waals surface area (Å²) in [6, 6.07) is 4.89. The van der Waals surface area contributed by atoms with Gasteiger partial charge in [-0.3, -0.25) is 0 Å². The fraction of sp³-hybridized carbons (Fsp3) is 0.600. The van der Waals surface area contributed by atoms with Crippen LogP contribution in [0.4, 0.5) is 10.1 Å². The lowest BCUT2D eigenvalue weighted by Gasteiger charge is -2.34. The van der Waals surface area contributed by atoms with Gasteiger partial charge in [-0.2, -0.15) is 0 Å². The molecule has 0 saturated heterocycles. The Balaban J connectivity index is 3.28. The molecule has 19 heavy (non-hydrogen) atoms. The minimum atomic E-state index is -0.735. The maximum atomic E-state index is 14.2. The fourth-order valence-electron chi connectivity index (χ4n) is 2.49. The highest BCUT2D eigenvalue weighted by atomic mass is 19.1. The van der Waals surface area contributed by atoms with Crippen molar-refractivity contribution >= 4 is 5.69 Å². The number of nitrogens with zero attached hydrogens (tertiary/aromatic N) is 1. The van der Waals surface area contributed by atoms with Crippen LogP contribution in [0.25, 0.3) is 0 Å². The first-order valence-corrected chi connectivity index (χ1v) is 6.90. The van der Waals surface area contributed by atoms with Crippen molar-refractivity contribution in [3.8, 4) is 0 Å². The van der Waals surface area contributed by atoms with E-state index in [0.717, 1.165) is 12.8 Å². The van der Waals surface area contributed by atoms with Gasteiger partial charge in [-0.15, -0.1) is 0 Å². The Morgan fingerprint density at radius 1 is 1.26 bits per heavy atom. The zero-order valence-electron chi connectivity index (χ0n) is 11.9. The first kappa shape index (κ1) is 15.9. The molecular weight excluding hydrogens is 245 g/mol. The number of para-hydroxylation sites is 1. The van der Waals surface area contributed by atoms with E-state index in [1.165, 1.54) is 6.07 Å². The standard InChI is InChI=1S/C15H24FNO2/c1-4-12(5-2)17(9-10-18)15-13(11(3)19)7-6-8-14(15)16/h6-8,11-12,18-19H,4-5,9-10H2,1-3H3/t11-/m1/s1. The molecule has 0 fully saturated rings. The molecule has 0 aromatic heterocycles. The van der Waals surface area contributed by atoms with Crippen LogP contribution in [0.2, 0.25) is 0 Å². The monoisotopic (exact) mass is 269 g/mol. The third-order valence-electron chi connectivity index (χ3n) is 3.48. The van der Waals surface area contributed by atoms with E-state index in [4.69, 9.17) is 0 Å². The molecule has 0 unspecified atom stereocenters. The van der Waals surface area contributed by atoms with Crippen molar-refractivity contribution in [1.29, 1.82) is 0 Å². The molecule has 0 amide bonds. The van der Waals surface area contributed by atoms with Gasteiger partial charge in [0.25, 0.3) is 0 Å². The molecule has 108 valence electrons. The molecular formula is C15H24FNO2. The molecule has 4 heteroatoms. The Kier molecular flexibility index (Phi) is 6.25. The zero-order valence-corrected chi connectivity index (χ0v) is 11.9. The first-order valence-electron chi connectivity index (χ1n) is 6.90. The van der Waals surface area contributed by atoms with Crippen molar-refractivity contribution in [1.82, 2.24) is 0 Å². The maximum Gasteiger partial charge on any atom is 0.146 e. The van der Waals surface area contributed by atoms with E-state index in [9.17, 15) is 14.6 Å². The highest BCUT2D eigenvalue weighted by molar-refractivity contribution is 5.56. The second-order valence-corrected chi connectivity index (χ2v) is 4.74. The summed E-state index contributed by atoms with van der Waals surface area (Å²) in [5, 5.41) is 19.0. The Labute approximate surface area is 114 Å². The summed E-state index contributed by atoms with van der Waals surface area (Å²) in [5.41, 5.74) is 0.987. The van der Waals surface area contributed by atoms with Gasteiger partial charge in [0.2, 0.25) is 0 Å². The van der Waals surface area contributed by atoms with E-state index in [1.807, 2.05) is 18.7 Å².